The monoisotopic (exact) mass is 302 g/mol. The zero-order valence-electron chi connectivity index (χ0n) is 13.0. The maximum absolute atomic E-state index is 12.7. The van der Waals surface area contributed by atoms with Crippen molar-refractivity contribution < 1.29 is 23.7 Å². The Bertz CT molecular complexity index is 687. The Balaban J connectivity index is 2.14. The molecule has 22 heavy (non-hydrogen) atoms. The van der Waals surface area contributed by atoms with E-state index in [0.717, 1.165) is 5.56 Å². The Hall–Kier alpha value is -2.43. The van der Waals surface area contributed by atoms with Crippen LogP contribution in [-0.4, -0.2) is 34.2 Å². The van der Waals surface area contributed by atoms with Crippen LogP contribution < -0.4 is 9.47 Å². The quantitative estimate of drug-likeness (QED) is 0.856. The van der Waals surface area contributed by atoms with Gasteiger partial charge >= 0.3 is 0 Å². The third-order valence-corrected chi connectivity index (χ3v) is 4.21. The lowest BCUT2D eigenvalue weighted by molar-refractivity contribution is 0.0947. The number of carbonyl (C=O) groups excluding carboxylic acids is 1. The summed E-state index contributed by atoms with van der Waals surface area (Å²) in [4.78, 5) is 12.7. The maximum Gasteiger partial charge on any atom is 0.171 e. The number of hydrogen-bond donors (Lipinski definition) is 0. The number of methoxy groups -OCH3 is 4. The van der Waals surface area contributed by atoms with Crippen LogP contribution in [0.1, 0.15) is 21.8 Å². The van der Waals surface area contributed by atoms with Gasteiger partial charge in [-0.2, -0.15) is 0 Å². The fourth-order valence-corrected chi connectivity index (χ4v) is 3.12. The topological polar surface area (TPSA) is 54.0 Å². The minimum absolute atomic E-state index is 0.0573. The van der Waals surface area contributed by atoms with Crippen LogP contribution in [-0.2, 0) is 9.47 Å². The predicted molar refractivity (Wildman–Crippen MR) is 80.3 cm³/mol. The first kappa shape index (κ1) is 14.5. The summed E-state index contributed by atoms with van der Waals surface area (Å²) in [5.74, 6) is 2.10. The van der Waals surface area contributed by atoms with Crippen molar-refractivity contribution in [3.8, 4) is 11.5 Å². The molecule has 0 fully saturated rings. The molecule has 0 aromatic heterocycles. The number of rotatable bonds is 4. The molecule has 0 amide bonds. The normalized spacial score (nSPS) is 22.3. The molecule has 0 bridgehead atoms. The molecule has 5 heteroatoms. The number of Topliss-reactive ketones (excluding diaryl/α,β-unsaturated/α-hetero) is 1. The van der Waals surface area contributed by atoms with E-state index < -0.39 is 0 Å². The SMILES string of the molecule is COC1=CC2C(=O)c3cc(OC)c(OC)cc3C2C=C1OC. The third-order valence-electron chi connectivity index (χ3n) is 4.21. The van der Waals surface area contributed by atoms with Crippen molar-refractivity contribution in [2.24, 2.45) is 5.92 Å². The molecular weight excluding hydrogens is 284 g/mol. The van der Waals surface area contributed by atoms with E-state index in [1.54, 1.807) is 34.5 Å². The molecule has 5 nitrogen and oxygen atoms in total. The van der Waals surface area contributed by atoms with E-state index >= 15 is 0 Å². The lowest BCUT2D eigenvalue weighted by Crippen LogP contribution is -2.16. The van der Waals surface area contributed by atoms with Gasteiger partial charge in [-0.15, -0.1) is 0 Å². The van der Waals surface area contributed by atoms with Gasteiger partial charge in [-0.3, -0.25) is 4.79 Å². The molecule has 0 heterocycles. The first-order chi connectivity index (χ1) is 10.6. The number of ketones is 1. The highest BCUT2D eigenvalue weighted by molar-refractivity contribution is 6.05. The molecule has 2 atom stereocenters. The largest absolute Gasteiger partial charge is 0.493 e. The number of benzene rings is 1. The molecule has 0 N–H and O–H groups in total. The lowest BCUT2D eigenvalue weighted by Gasteiger charge is -2.22. The van der Waals surface area contributed by atoms with Crippen LogP contribution in [0.15, 0.2) is 35.8 Å². The molecule has 0 radical (unpaired) electrons. The summed E-state index contributed by atoms with van der Waals surface area (Å²) in [6.07, 6.45) is 3.75. The summed E-state index contributed by atoms with van der Waals surface area (Å²) in [6.45, 7) is 0. The maximum atomic E-state index is 12.7. The third kappa shape index (κ3) is 1.96. The van der Waals surface area contributed by atoms with E-state index in [-0.39, 0.29) is 17.6 Å². The van der Waals surface area contributed by atoms with E-state index in [1.165, 1.54) is 0 Å². The lowest BCUT2D eigenvalue weighted by atomic mass is 9.87. The Morgan fingerprint density at radius 2 is 1.32 bits per heavy atom. The summed E-state index contributed by atoms with van der Waals surface area (Å²) >= 11 is 0. The molecule has 116 valence electrons. The second-order valence-corrected chi connectivity index (χ2v) is 5.18. The van der Waals surface area contributed by atoms with Gasteiger partial charge in [-0.05, 0) is 29.8 Å². The van der Waals surface area contributed by atoms with Crippen LogP contribution in [0.4, 0.5) is 0 Å². The minimum atomic E-state index is -0.277. The fourth-order valence-electron chi connectivity index (χ4n) is 3.12. The van der Waals surface area contributed by atoms with Crippen LogP contribution in [0.5, 0.6) is 11.5 Å². The Labute approximate surface area is 129 Å². The molecule has 1 aromatic rings. The summed E-state index contributed by atoms with van der Waals surface area (Å²) in [5.41, 5.74) is 1.58. The molecule has 0 saturated heterocycles. The summed E-state index contributed by atoms with van der Waals surface area (Å²) < 4.78 is 21.3. The fraction of sp³-hybridized carbons (Fsp3) is 0.353. The van der Waals surface area contributed by atoms with Crippen molar-refractivity contribution in [2.45, 2.75) is 5.92 Å². The number of hydrogen-bond acceptors (Lipinski definition) is 5. The van der Waals surface area contributed by atoms with Crippen molar-refractivity contribution in [3.05, 3.63) is 46.9 Å². The highest BCUT2D eigenvalue weighted by Gasteiger charge is 2.41. The molecule has 2 aliphatic rings. The number of carbonyl (C=O) groups is 1. The summed E-state index contributed by atoms with van der Waals surface area (Å²) in [5, 5.41) is 0. The van der Waals surface area contributed by atoms with E-state index in [1.807, 2.05) is 18.2 Å². The Morgan fingerprint density at radius 1 is 0.773 bits per heavy atom. The van der Waals surface area contributed by atoms with Crippen LogP contribution in [0, 0.1) is 5.92 Å². The highest BCUT2D eigenvalue weighted by Crippen LogP contribution is 2.47. The van der Waals surface area contributed by atoms with Gasteiger partial charge in [0.05, 0.1) is 34.4 Å². The number of allylic oxidation sites excluding steroid dienone is 2. The van der Waals surface area contributed by atoms with Crippen LogP contribution >= 0.6 is 0 Å². The molecule has 1 aromatic carbocycles. The molecule has 2 aliphatic carbocycles. The first-order valence-corrected chi connectivity index (χ1v) is 6.96. The van der Waals surface area contributed by atoms with Crippen LogP contribution in [0.3, 0.4) is 0 Å². The highest BCUT2D eigenvalue weighted by atomic mass is 16.5. The second-order valence-electron chi connectivity index (χ2n) is 5.18. The molecule has 0 aliphatic heterocycles. The second kappa shape index (κ2) is 5.40. The summed E-state index contributed by atoms with van der Waals surface area (Å²) in [6, 6.07) is 3.61. The number of fused-ring (bicyclic) bond motifs is 3. The van der Waals surface area contributed by atoms with Crippen molar-refractivity contribution in [1.82, 2.24) is 0 Å². The van der Waals surface area contributed by atoms with Gasteiger partial charge in [-0.1, -0.05) is 0 Å². The summed E-state index contributed by atoms with van der Waals surface area (Å²) in [7, 11) is 6.30. The van der Waals surface area contributed by atoms with E-state index in [4.69, 9.17) is 18.9 Å². The zero-order valence-corrected chi connectivity index (χ0v) is 13.0. The van der Waals surface area contributed by atoms with Gasteiger partial charge < -0.3 is 18.9 Å². The van der Waals surface area contributed by atoms with E-state index in [9.17, 15) is 4.79 Å². The van der Waals surface area contributed by atoms with Gasteiger partial charge in [0, 0.05) is 11.5 Å². The first-order valence-electron chi connectivity index (χ1n) is 6.96. The van der Waals surface area contributed by atoms with Crippen molar-refractivity contribution in [1.29, 1.82) is 0 Å². The average Bonchev–Trinajstić information content (AvgIpc) is 2.83. The Morgan fingerprint density at radius 3 is 1.86 bits per heavy atom. The van der Waals surface area contributed by atoms with Crippen LogP contribution in [0.2, 0.25) is 0 Å². The van der Waals surface area contributed by atoms with Crippen molar-refractivity contribution in [2.75, 3.05) is 28.4 Å². The average molecular weight is 302 g/mol. The van der Waals surface area contributed by atoms with E-state index in [0.29, 0.717) is 28.6 Å². The Kier molecular flexibility index (Phi) is 3.56. The van der Waals surface area contributed by atoms with Crippen molar-refractivity contribution >= 4 is 5.78 Å². The van der Waals surface area contributed by atoms with Gasteiger partial charge in [-0.25, -0.2) is 0 Å². The number of ether oxygens (including phenoxy) is 4. The van der Waals surface area contributed by atoms with Crippen molar-refractivity contribution in [3.63, 3.8) is 0 Å². The van der Waals surface area contributed by atoms with Gasteiger partial charge in [0.15, 0.2) is 28.8 Å². The smallest absolute Gasteiger partial charge is 0.171 e. The minimum Gasteiger partial charge on any atom is -0.493 e. The molecule has 3 rings (SSSR count). The predicted octanol–water partition coefficient (Wildman–Crippen LogP) is 2.67. The standard InChI is InChI=1S/C17H18O5/c1-19-13-5-9-10-6-14(20-2)16(22-4)8-12(10)17(18)11(9)7-15(13)21-3/h5-9,11H,1-4H3. The molecule has 0 spiro atoms. The molecule has 2 unspecified atom stereocenters. The van der Waals surface area contributed by atoms with Gasteiger partial charge in [0.25, 0.3) is 0 Å². The van der Waals surface area contributed by atoms with Crippen LogP contribution in [0.25, 0.3) is 0 Å². The molecule has 0 saturated carbocycles. The van der Waals surface area contributed by atoms with Gasteiger partial charge in [0.2, 0.25) is 0 Å². The van der Waals surface area contributed by atoms with E-state index in [2.05, 4.69) is 0 Å². The van der Waals surface area contributed by atoms with Gasteiger partial charge in [0.1, 0.15) is 0 Å². The molecular formula is C17H18O5. The zero-order chi connectivity index (χ0) is 15.9.